The number of rotatable bonds is 3. The number of terminal acetylenes is 1. The summed E-state index contributed by atoms with van der Waals surface area (Å²) in [5.41, 5.74) is 1.63. The lowest BCUT2D eigenvalue weighted by molar-refractivity contribution is -0.274. The molecule has 3 aromatic rings. The first-order valence-corrected chi connectivity index (χ1v) is 10.1. The largest absolute Gasteiger partial charge is 0.573 e. The lowest BCUT2D eigenvalue weighted by atomic mass is 9.93. The number of nitrogens with zero attached hydrogens (tertiary/aromatic N) is 4. The Hall–Kier alpha value is -3.74. The second-order valence-corrected chi connectivity index (χ2v) is 8.62. The summed E-state index contributed by atoms with van der Waals surface area (Å²) in [6, 6.07) is 7.01. The van der Waals surface area contributed by atoms with Gasteiger partial charge in [0.1, 0.15) is 11.4 Å². The first kappa shape index (κ1) is 22.5. The molecule has 4 rings (SSSR count). The van der Waals surface area contributed by atoms with Gasteiger partial charge >= 0.3 is 12.5 Å². The molecule has 0 bridgehead atoms. The zero-order valence-electron chi connectivity index (χ0n) is 18.2. The molecule has 0 radical (unpaired) electrons. The molecule has 0 saturated carbocycles. The molecular formula is C23H21F3N4O3. The third kappa shape index (κ3) is 4.72. The van der Waals surface area contributed by atoms with Crippen LogP contribution in [0.15, 0.2) is 36.5 Å². The molecule has 2 aromatic heterocycles. The van der Waals surface area contributed by atoms with Gasteiger partial charge in [-0.05, 0) is 51.1 Å². The van der Waals surface area contributed by atoms with Crippen molar-refractivity contribution in [2.24, 2.45) is 0 Å². The molecule has 10 heteroatoms. The molecule has 0 aliphatic carbocycles. The van der Waals surface area contributed by atoms with E-state index in [1.807, 2.05) is 0 Å². The van der Waals surface area contributed by atoms with Crippen molar-refractivity contribution in [3.05, 3.63) is 47.8 Å². The van der Waals surface area contributed by atoms with Gasteiger partial charge in [0.05, 0.1) is 16.8 Å². The molecule has 1 fully saturated rings. The molecule has 1 aliphatic rings. The minimum atomic E-state index is -4.78. The van der Waals surface area contributed by atoms with Crippen molar-refractivity contribution in [3.63, 3.8) is 0 Å². The molecule has 1 saturated heterocycles. The quantitative estimate of drug-likeness (QED) is 0.535. The number of hydrogen-bond acceptors (Lipinski definition) is 5. The van der Waals surface area contributed by atoms with E-state index in [2.05, 4.69) is 20.7 Å². The predicted octanol–water partition coefficient (Wildman–Crippen LogP) is 4.63. The van der Waals surface area contributed by atoms with Crippen LogP contribution in [0.5, 0.6) is 5.75 Å². The summed E-state index contributed by atoms with van der Waals surface area (Å²) >= 11 is 0. The number of fused-ring (bicyclic) bond motifs is 1. The number of pyridine rings is 1. The van der Waals surface area contributed by atoms with Gasteiger partial charge in [-0.25, -0.2) is 14.5 Å². The van der Waals surface area contributed by atoms with Crippen LogP contribution < -0.4 is 4.74 Å². The van der Waals surface area contributed by atoms with E-state index in [0.29, 0.717) is 41.1 Å². The monoisotopic (exact) mass is 458 g/mol. The van der Waals surface area contributed by atoms with Gasteiger partial charge < -0.3 is 14.4 Å². The Kier molecular flexibility index (Phi) is 5.44. The van der Waals surface area contributed by atoms with Gasteiger partial charge in [0.25, 0.3) is 0 Å². The third-order valence-corrected chi connectivity index (χ3v) is 4.99. The summed E-state index contributed by atoms with van der Waals surface area (Å²) in [5, 5.41) is 5.35. The number of hydrogen-bond donors (Lipinski definition) is 0. The van der Waals surface area contributed by atoms with Crippen LogP contribution in [0.1, 0.15) is 37.9 Å². The average molecular weight is 458 g/mol. The zero-order valence-corrected chi connectivity index (χ0v) is 18.2. The van der Waals surface area contributed by atoms with Crippen LogP contribution in [-0.2, 0) is 4.74 Å². The van der Waals surface area contributed by atoms with Crippen molar-refractivity contribution >= 4 is 17.1 Å². The van der Waals surface area contributed by atoms with Gasteiger partial charge in [-0.3, -0.25) is 0 Å². The molecule has 1 amide bonds. The van der Waals surface area contributed by atoms with E-state index in [9.17, 15) is 18.0 Å². The number of halogens is 3. The van der Waals surface area contributed by atoms with Gasteiger partial charge in [0.2, 0.25) is 0 Å². The number of carbonyl (C=O) groups is 1. The Morgan fingerprint density at radius 2 is 1.82 bits per heavy atom. The molecule has 1 aromatic carbocycles. The van der Waals surface area contributed by atoms with E-state index in [1.165, 1.54) is 28.9 Å². The standard InChI is InChI=1S/C23H21F3N4O3/c1-5-14-10-11-27-20-18(14)19(15-12-29(13-15)21(31)33-22(2,3)4)28-30(20)16-6-8-17(9-7-16)32-23(24,25)26/h1,6-11,15H,12-13H2,2-4H3. The number of benzene rings is 1. The molecule has 0 atom stereocenters. The van der Waals surface area contributed by atoms with Crippen molar-refractivity contribution < 1.29 is 27.4 Å². The first-order chi connectivity index (χ1) is 15.4. The number of carbonyl (C=O) groups excluding carboxylic acids is 1. The normalized spacial score (nSPS) is 14.6. The van der Waals surface area contributed by atoms with E-state index in [-0.39, 0.29) is 11.7 Å². The molecule has 0 spiro atoms. The van der Waals surface area contributed by atoms with Crippen molar-refractivity contribution in [1.82, 2.24) is 19.7 Å². The molecule has 33 heavy (non-hydrogen) atoms. The molecular weight excluding hydrogens is 437 g/mol. The van der Waals surface area contributed by atoms with Crippen LogP contribution in [0.2, 0.25) is 0 Å². The van der Waals surface area contributed by atoms with Crippen LogP contribution in [0.25, 0.3) is 16.7 Å². The Labute approximate surface area is 188 Å². The minimum Gasteiger partial charge on any atom is -0.444 e. The summed E-state index contributed by atoms with van der Waals surface area (Å²) in [7, 11) is 0. The Bertz CT molecular complexity index is 1230. The van der Waals surface area contributed by atoms with E-state index in [0.717, 1.165) is 0 Å². The predicted molar refractivity (Wildman–Crippen MR) is 114 cm³/mol. The molecule has 3 heterocycles. The smallest absolute Gasteiger partial charge is 0.444 e. The number of alkyl halides is 3. The van der Waals surface area contributed by atoms with Crippen molar-refractivity contribution in [3.8, 4) is 23.8 Å². The molecule has 7 nitrogen and oxygen atoms in total. The number of ether oxygens (including phenoxy) is 2. The summed E-state index contributed by atoms with van der Waals surface area (Å²) in [6.45, 7) is 6.20. The summed E-state index contributed by atoms with van der Waals surface area (Å²) < 4.78 is 48.3. The van der Waals surface area contributed by atoms with Gasteiger partial charge in [-0.15, -0.1) is 19.6 Å². The van der Waals surface area contributed by atoms with Gasteiger partial charge in [-0.1, -0.05) is 5.92 Å². The molecule has 172 valence electrons. The summed E-state index contributed by atoms with van der Waals surface area (Å²) in [4.78, 5) is 18.3. The Morgan fingerprint density at radius 3 is 2.39 bits per heavy atom. The second kappa shape index (κ2) is 7.99. The zero-order chi connectivity index (χ0) is 24.0. The Balaban J connectivity index is 1.66. The highest BCUT2D eigenvalue weighted by atomic mass is 19.4. The maximum atomic E-state index is 12.5. The highest BCUT2D eigenvalue weighted by Crippen LogP contribution is 2.35. The highest BCUT2D eigenvalue weighted by Gasteiger charge is 2.38. The fourth-order valence-electron chi connectivity index (χ4n) is 3.57. The maximum Gasteiger partial charge on any atom is 0.573 e. The summed E-state index contributed by atoms with van der Waals surface area (Å²) in [6.07, 6.45) is 2.06. The second-order valence-electron chi connectivity index (χ2n) is 8.62. The van der Waals surface area contributed by atoms with E-state index in [4.69, 9.17) is 11.2 Å². The number of likely N-dealkylation sites (tertiary alicyclic amines) is 1. The van der Waals surface area contributed by atoms with Crippen LogP contribution in [-0.4, -0.2) is 50.8 Å². The van der Waals surface area contributed by atoms with E-state index in [1.54, 1.807) is 37.9 Å². The van der Waals surface area contributed by atoms with Crippen molar-refractivity contribution in [2.45, 2.75) is 38.7 Å². The van der Waals surface area contributed by atoms with Crippen LogP contribution >= 0.6 is 0 Å². The van der Waals surface area contributed by atoms with Gasteiger partial charge in [0.15, 0.2) is 5.65 Å². The lowest BCUT2D eigenvalue weighted by Crippen LogP contribution is -2.50. The highest BCUT2D eigenvalue weighted by molar-refractivity contribution is 5.87. The molecule has 1 aliphatic heterocycles. The van der Waals surface area contributed by atoms with E-state index >= 15 is 0 Å². The molecule has 0 unspecified atom stereocenters. The van der Waals surface area contributed by atoms with E-state index < -0.39 is 18.1 Å². The van der Waals surface area contributed by atoms with Crippen LogP contribution in [0.4, 0.5) is 18.0 Å². The Morgan fingerprint density at radius 1 is 1.15 bits per heavy atom. The fraction of sp³-hybridized carbons (Fsp3) is 0.348. The number of amides is 1. The molecule has 0 N–H and O–H groups in total. The van der Waals surface area contributed by atoms with Gasteiger partial charge in [0, 0.05) is 30.8 Å². The lowest BCUT2D eigenvalue weighted by Gasteiger charge is -2.39. The fourth-order valence-corrected chi connectivity index (χ4v) is 3.57. The average Bonchev–Trinajstić information content (AvgIpc) is 3.04. The SMILES string of the molecule is C#Cc1ccnc2c1c(C1CN(C(=O)OC(C)(C)C)C1)nn2-c1ccc(OC(F)(F)F)cc1. The van der Waals surface area contributed by atoms with Crippen LogP contribution in [0, 0.1) is 12.3 Å². The third-order valence-electron chi connectivity index (χ3n) is 4.99. The topological polar surface area (TPSA) is 69.5 Å². The van der Waals surface area contributed by atoms with Gasteiger partial charge in [-0.2, -0.15) is 5.10 Å². The van der Waals surface area contributed by atoms with Crippen molar-refractivity contribution in [2.75, 3.05) is 13.1 Å². The maximum absolute atomic E-state index is 12.5. The minimum absolute atomic E-state index is 0.0922. The van der Waals surface area contributed by atoms with Crippen LogP contribution in [0.3, 0.4) is 0 Å². The first-order valence-electron chi connectivity index (χ1n) is 10.1. The van der Waals surface area contributed by atoms with Crippen molar-refractivity contribution in [1.29, 1.82) is 0 Å². The number of aromatic nitrogens is 3. The summed E-state index contributed by atoms with van der Waals surface area (Å²) in [5.74, 6) is 2.20.